The van der Waals surface area contributed by atoms with E-state index in [1.807, 2.05) is 19.1 Å². The smallest absolute Gasteiger partial charge is 0.251 e. The highest BCUT2D eigenvalue weighted by Crippen LogP contribution is 2.33. The average molecular weight is 392 g/mol. The molecule has 0 aliphatic heterocycles. The van der Waals surface area contributed by atoms with Crippen LogP contribution in [-0.4, -0.2) is 47.9 Å². The quantitative estimate of drug-likeness (QED) is 0.745. The van der Waals surface area contributed by atoms with Gasteiger partial charge in [-0.05, 0) is 31.2 Å². The number of carbonyl (C=O) groups excluding carboxylic acids is 1. The van der Waals surface area contributed by atoms with E-state index in [1.54, 1.807) is 30.3 Å². The number of benzene rings is 2. The van der Waals surface area contributed by atoms with Crippen molar-refractivity contribution < 1.29 is 22.7 Å². The van der Waals surface area contributed by atoms with E-state index < -0.39 is 10.0 Å². The lowest BCUT2D eigenvalue weighted by molar-refractivity contribution is 0.0955. The summed E-state index contributed by atoms with van der Waals surface area (Å²) in [6.45, 7) is 2.13. The Balaban J connectivity index is 2.17. The Kier molecular flexibility index (Phi) is 6.68. The first kappa shape index (κ1) is 20.6. The number of hydrogen-bond donors (Lipinski definition) is 1. The number of ether oxygens (including phenoxy) is 2. The maximum absolute atomic E-state index is 12.3. The van der Waals surface area contributed by atoms with Gasteiger partial charge in [0.1, 0.15) is 11.5 Å². The third-order valence-corrected chi connectivity index (χ3v) is 5.15. The monoisotopic (exact) mass is 392 g/mol. The fourth-order valence-electron chi connectivity index (χ4n) is 2.53. The van der Waals surface area contributed by atoms with Gasteiger partial charge in [0.15, 0.2) is 0 Å². The summed E-state index contributed by atoms with van der Waals surface area (Å²) in [6, 6.07) is 12.0. The van der Waals surface area contributed by atoms with Gasteiger partial charge in [-0.1, -0.05) is 17.7 Å². The van der Waals surface area contributed by atoms with Crippen molar-refractivity contribution in [2.45, 2.75) is 6.92 Å². The van der Waals surface area contributed by atoms with Crippen LogP contribution in [0.1, 0.15) is 15.9 Å². The van der Waals surface area contributed by atoms with Crippen LogP contribution >= 0.6 is 0 Å². The molecule has 0 aliphatic rings. The molecule has 7 nitrogen and oxygen atoms in total. The van der Waals surface area contributed by atoms with Crippen LogP contribution in [0.25, 0.3) is 0 Å². The zero-order valence-corrected chi connectivity index (χ0v) is 16.7. The van der Waals surface area contributed by atoms with Crippen LogP contribution in [0.5, 0.6) is 11.5 Å². The van der Waals surface area contributed by atoms with Crippen molar-refractivity contribution in [2.24, 2.45) is 0 Å². The first-order chi connectivity index (χ1) is 12.8. The molecule has 2 aromatic carbocycles. The van der Waals surface area contributed by atoms with Crippen LogP contribution in [0.3, 0.4) is 0 Å². The number of rotatable bonds is 8. The summed E-state index contributed by atoms with van der Waals surface area (Å²) >= 11 is 0. The van der Waals surface area contributed by atoms with Crippen molar-refractivity contribution in [3.63, 3.8) is 0 Å². The maximum atomic E-state index is 12.3. The Morgan fingerprint density at radius 2 is 1.74 bits per heavy atom. The molecule has 0 aromatic heterocycles. The molecule has 0 unspecified atom stereocenters. The molecule has 146 valence electrons. The Morgan fingerprint density at radius 3 is 2.30 bits per heavy atom. The Hall–Kier alpha value is -2.74. The van der Waals surface area contributed by atoms with E-state index in [1.165, 1.54) is 18.5 Å². The number of sulfonamides is 1. The molecule has 8 heteroatoms. The molecule has 0 heterocycles. The van der Waals surface area contributed by atoms with Gasteiger partial charge in [-0.15, -0.1) is 0 Å². The molecule has 27 heavy (non-hydrogen) atoms. The summed E-state index contributed by atoms with van der Waals surface area (Å²) in [7, 11) is -0.636. The predicted molar refractivity (Wildman–Crippen MR) is 105 cm³/mol. The number of carbonyl (C=O) groups is 1. The third-order valence-electron chi connectivity index (χ3n) is 3.97. The molecule has 2 rings (SSSR count). The fraction of sp³-hybridized carbons (Fsp3) is 0.316. The fourth-order valence-corrected chi connectivity index (χ4v) is 3.46. The van der Waals surface area contributed by atoms with E-state index in [0.29, 0.717) is 22.7 Å². The first-order valence-electron chi connectivity index (χ1n) is 8.31. The molecule has 0 atom stereocenters. The summed E-state index contributed by atoms with van der Waals surface area (Å²) in [6.07, 6.45) is 1.10. The highest BCUT2D eigenvalue weighted by Gasteiger charge is 2.22. The second-order valence-corrected chi connectivity index (χ2v) is 7.90. The molecular formula is C19H24N2O5S. The number of nitrogens with zero attached hydrogens (tertiary/aromatic N) is 1. The number of nitrogens with one attached hydrogen (secondary N) is 1. The van der Waals surface area contributed by atoms with Crippen LogP contribution in [-0.2, 0) is 10.0 Å². The zero-order valence-electron chi connectivity index (χ0n) is 15.9. The first-order valence-corrected chi connectivity index (χ1v) is 10.2. The lowest BCUT2D eigenvalue weighted by Crippen LogP contribution is -2.38. The van der Waals surface area contributed by atoms with Gasteiger partial charge in [-0.2, -0.15) is 0 Å². The molecule has 0 saturated carbocycles. The van der Waals surface area contributed by atoms with Gasteiger partial charge in [0.25, 0.3) is 5.91 Å². The Labute approximate surface area is 160 Å². The van der Waals surface area contributed by atoms with Gasteiger partial charge in [0, 0.05) is 18.2 Å². The normalized spacial score (nSPS) is 11.0. The van der Waals surface area contributed by atoms with E-state index in [0.717, 1.165) is 11.8 Å². The van der Waals surface area contributed by atoms with Gasteiger partial charge < -0.3 is 14.8 Å². The van der Waals surface area contributed by atoms with E-state index in [4.69, 9.17) is 9.47 Å². The molecule has 0 aliphatic carbocycles. The molecule has 1 N–H and O–H groups in total. The van der Waals surface area contributed by atoms with Crippen molar-refractivity contribution >= 4 is 21.6 Å². The van der Waals surface area contributed by atoms with Crippen molar-refractivity contribution in [1.29, 1.82) is 0 Å². The largest absolute Gasteiger partial charge is 0.497 e. The number of anilines is 1. The van der Waals surface area contributed by atoms with E-state index in [2.05, 4.69) is 5.32 Å². The van der Waals surface area contributed by atoms with Crippen molar-refractivity contribution in [3.05, 3.63) is 53.6 Å². The van der Waals surface area contributed by atoms with Crippen LogP contribution in [0, 0.1) is 6.92 Å². The molecule has 0 saturated heterocycles. The molecule has 0 bridgehead atoms. The molecular weight excluding hydrogens is 368 g/mol. The van der Waals surface area contributed by atoms with Gasteiger partial charge in [0.05, 0.1) is 32.7 Å². The summed E-state index contributed by atoms with van der Waals surface area (Å²) in [5.74, 6) is 0.635. The van der Waals surface area contributed by atoms with Crippen LogP contribution < -0.4 is 19.1 Å². The summed E-state index contributed by atoms with van der Waals surface area (Å²) in [5, 5.41) is 2.74. The summed E-state index contributed by atoms with van der Waals surface area (Å²) in [5.41, 5.74) is 1.93. The molecule has 0 spiro atoms. The molecule has 0 radical (unpaired) electrons. The number of methoxy groups -OCH3 is 2. The van der Waals surface area contributed by atoms with Gasteiger partial charge in [-0.3, -0.25) is 9.10 Å². The summed E-state index contributed by atoms with van der Waals surface area (Å²) in [4.78, 5) is 12.2. The topological polar surface area (TPSA) is 84.9 Å². The molecule has 0 fully saturated rings. The minimum atomic E-state index is -3.60. The Morgan fingerprint density at radius 1 is 1.07 bits per heavy atom. The SMILES string of the molecule is COc1ccc(OC)c(N(CCNC(=O)c2ccc(C)cc2)S(C)(=O)=O)c1. The minimum absolute atomic E-state index is 0.0555. The van der Waals surface area contributed by atoms with E-state index in [9.17, 15) is 13.2 Å². The highest BCUT2D eigenvalue weighted by atomic mass is 32.2. The standard InChI is InChI=1S/C19H24N2O5S/c1-14-5-7-15(8-6-14)19(22)20-11-12-21(27(4,23)24)17-13-16(25-2)9-10-18(17)26-3/h5-10,13H,11-12H2,1-4H3,(H,20,22). The second-order valence-electron chi connectivity index (χ2n) is 5.99. The van der Waals surface area contributed by atoms with E-state index in [-0.39, 0.29) is 19.0 Å². The van der Waals surface area contributed by atoms with Gasteiger partial charge >= 0.3 is 0 Å². The third kappa shape index (κ3) is 5.37. The van der Waals surface area contributed by atoms with Crippen LogP contribution in [0.4, 0.5) is 5.69 Å². The van der Waals surface area contributed by atoms with Crippen molar-refractivity contribution in [3.8, 4) is 11.5 Å². The zero-order chi connectivity index (χ0) is 20.0. The van der Waals surface area contributed by atoms with Crippen molar-refractivity contribution in [1.82, 2.24) is 5.32 Å². The van der Waals surface area contributed by atoms with Gasteiger partial charge in [-0.25, -0.2) is 8.42 Å². The van der Waals surface area contributed by atoms with Crippen LogP contribution in [0.2, 0.25) is 0 Å². The second kappa shape index (κ2) is 8.77. The summed E-state index contributed by atoms with van der Waals surface area (Å²) < 4.78 is 36.2. The average Bonchev–Trinajstić information content (AvgIpc) is 2.64. The maximum Gasteiger partial charge on any atom is 0.251 e. The molecule has 2 aromatic rings. The number of hydrogen-bond acceptors (Lipinski definition) is 5. The molecule has 1 amide bonds. The highest BCUT2D eigenvalue weighted by molar-refractivity contribution is 7.92. The minimum Gasteiger partial charge on any atom is -0.497 e. The van der Waals surface area contributed by atoms with Gasteiger partial charge in [0.2, 0.25) is 10.0 Å². The predicted octanol–water partition coefficient (Wildman–Crippen LogP) is 2.21. The lowest BCUT2D eigenvalue weighted by atomic mass is 10.1. The van der Waals surface area contributed by atoms with E-state index >= 15 is 0 Å². The van der Waals surface area contributed by atoms with Crippen molar-refractivity contribution in [2.75, 3.05) is 37.9 Å². The lowest BCUT2D eigenvalue weighted by Gasteiger charge is -2.24. The number of aryl methyl sites for hydroxylation is 1. The Bertz CT molecular complexity index is 895. The van der Waals surface area contributed by atoms with Crippen LogP contribution in [0.15, 0.2) is 42.5 Å². The number of amides is 1.